The molecule has 1 aromatic rings. The first-order valence-corrected chi connectivity index (χ1v) is 6.57. The Kier molecular flexibility index (Phi) is 6.58. The van der Waals surface area contributed by atoms with E-state index < -0.39 is 18.6 Å². The Morgan fingerprint density at radius 1 is 1.33 bits per heavy atom. The molecule has 0 heterocycles. The standard InChI is InChI=1S/C14H18F2N2O3/c1-3-7-17-12(19)9(2)18-13(20)10-5-4-6-11(8-10)21-14(15)16/h4-6,8-9,14H,3,7H2,1-2H3,(H,17,19)(H,18,20)/t9-/m1/s1. The number of ether oxygens (including phenoxy) is 1. The molecule has 1 rings (SSSR count). The summed E-state index contributed by atoms with van der Waals surface area (Å²) in [6.07, 6.45) is 0.791. The van der Waals surface area contributed by atoms with Gasteiger partial charge in [0.25, 0.3) is 5.91 Å². The van der Waals surface area contributed by atoms with E-state index in [1.807, 2.05) is 6.92 Å². The maximum absolute atomic E-state index is 12.1. The van der Waals surface area contributed by atoms with Crippen molar-refractivity contribution in [1.29, 1.82) is 0 Å². The van der Waals surface area contributed by atoms with Gasteiger partial charge in [0.2, 0.25) is 5.91 Å². The van der Waals surface area contributed by atoms with E-state index in [9.17, 15) is 18.4 Å². The van der Waals surface area contributed by atoms with Crippen molar-refractivity contribution < 1.29 is 23.1 Å². The van der Waals surface area contributed by atoms with Crippen LogP contribution in [-0.2, 0) is 4.79 Å². The van der Waals surface area contributed by atoms with E-state index in [0.29, 0.717) is 6.54 Å². The molecular formula is C14H18F2N2O3. The first kappa shape index (κ1) is 16.9. The SMILES string of the molecule is CCCNC(=O)[C@@H](C)NC(=O)c1cccc(OC(F)F)c1. The van der Waals surface area contributed by atoms with Gasteiger partial charge in [-0.1, -0.05) is 13.0 Å². The largest absolute Gasteiger partial charge is 0.435 e. The molecule has 1 atom stereocenters. The Balaban J connectivity index is 2.64. The number of carbonyl (C=O) groups is 2. The van der Waals surface area contributed by atoms with Crippen molar-refractivity contribution in [2.24, 2.45) is 0 Å². The zero-order valence-corrected chi connectivity index (χ0v) is 11.9. The molecule has 0 spiro atoms. The normalized spacial score (nSPS) is 11.9. The van der Waals surface area contributed by atoms with Gasteiger partial charge in [0.1, 0.15) is 11.8 Å². The van der Waals surface area contributed by atoms with Crippen molar-refractivity contribution in [3.05, 3.63) is 29.8 Å². The lowest BCUT2D eigenvalue weighted by Crippen LogP contribution is -2.45. The number of amides is 2. The number of hydrogen-bond acceptors (Lipinski definition) is 3. The summed E-state index contributed by atoms with van der Waals surface area (Å²) in [6.45, 7) is 1.03. The second kappa shape index (κ2) is 8.18. The fourth-order valence-corrected chi connectivity index (χ4v) is 1.56. The van der Waals surface area contributed by atoms with E-state index in [0.717, 1.165) is 6.42 Å². The predicted molar refractivity (Wildman–Crippen MR) is 73.3 cm³/mol. The molecule has 2 amide bonds. The smallest absolute Gasteiger partial charge is 0.387 e. The lowest BCUT2D eigenvalue weighted by molar-refractivity contribution is -0.122. The molecule has 5 nitrogen and oxygen atoms in total. The minimum absolute atomic E-state index is 0.110. The van der Waals surface area contributed by atoms with Crippen LogP contribution >= 0.6 is 0 Å². The predicted octanol–water partition coefficient (Wildman–Crippen LogP) is 1.93. The molecule has 0 saturated heterocycles. The van der Waals surface area contributed by atoms with Gasteiger partial charge in [-0.2, -0.15) is 8.78 Å². The van der Waals surface area contributed by atoms with Crippen molar-refractivity contribution >= 4 is 11.8 Å². The third-order valence-electron chi connectivity index (χ3n) is 2.61. The lowest BCUT2D eigenvalue weighted by atomic mass is 10.2. The number of hydrogen-bond donors (Lipinski definition) is 2. The van der Waals surface area contributed by atoms with Gasteiger partial charge >= 0.3 is 6.61 Å². The maximum Gasteiger partial charge on any atom is 0.387 e. The van der Waals surface area contributed by atoms with Crippen LogP contribution in [0.3, 0.4) is 0 Å². The Morgan fingerprint density at radius 2 is 2.05 bits per heavy atom. The molecule has 0 aliphatic rings. The first-order chi connectivity index (χ1) is 9.93. The van der Waals surface area contributed by atoms with E-state index in [1.165, 1.54) is 24.3 Å². The topological polar surface area (TPSA) is 67.4 Å². The van der Waals surface area contributed by atoms with Crippen LogP contribution in [0.4, 0.5) is 8.78 Å². The molecular weight excluding hydrogens is 282 g/mol. The summed E-state index contributed by atoms with van der Waals surface area (Å²) in [5, 5.41) is 5.14. The van der Waals surface area contributed by atoms with Crippen LogP contribution in [0.25, 0.3) is 0 Å². The highest BCUT2D eigenvalue weighted by molar-refractivity contribution is 5.97. The van der Waals surface area contributed by atoms with E-state index in [-0.39, 0.29) is 17.2 Å². The van der Waals surface area contributed by atoms with Crippen LogP contribution in [0.2, 0.25) is 0 Å². The molecule has 0 fully saturated rings. The van der Waals surface area contributed by atoms with Crippen molar-refractivity contribution in [1.82, 2.24) is 10.6 Å². The molecule has 0 saturated carbocycles. The summed E-state index contributed by atoms with van der Waals surface area (Å²) in [5.74, 6) is -0.945. The quantitative estimate of drug-likeness (QED) is 0.808. The highest BCUT2D eigenvalue weighted by Crippen LogP contribution is 2.15. The second-order valence-corrected chi connectivity index (χ2v) is 4.39. The third-order valence-corrected chi connectivity index (χ3v) is 2.61. The summed E-state index contributed by atoms with van der Waals surface area (Å²) in [6, 6.07) is 4.67. The maximum atomic E-state index is 12.1. The van der Waals surface area contributed by atoms with Gasteiger partial charge in [0.15, 0.2) is 0 Å². The zero-order chi connectivity index (χ0) is 15.8. The molecule has 2 N–H and O–H groups in total. The summed E-state index contributed by atoms with van der Waals surface area (Å²) < 4.78 is 28.4. The van der Waals surface area contributed by atoms with Gasteiger partial charge in [0.05, 0.1) is 0 Å². The van der Waals surface area contributed by atoms with Gasteiger partial charge in [0, 0.05) is 12.1 Å². The van der Waals surface area contributed by atoms with Crippen LogP contribution in [0, 0.1) is 0 Å². The van der Waals surface area contributed by atoms with Crippen molar-refractivity contribution in [2.75, 3.05) is 6.54 Å². The molecule has 0 aromatic heterocycles. The molecule has 0 aliphatic carbocycles. The highest BCUT2D eigenvalue weighted by Gasteiger charge is 2.16. The minimum Gasteiger partial charge on any atom is -0.435 e. The Bertz CT molecular complexity index is 495. The van der Waals surface area contributed by atoms with Crippen LogP contribution in [0.15, 0.2) is 24.3 Å². The fraction of sp³-hybridized carbons (Fsp3) is 0.429. The van der Waals surface area contributed by atoms with E-state index >= 15 is 0 Å². The molecule has 0 unspecified atom stereocenters. The van der Waals surface area contributed by atoms with Crippen LogP contribution < -0.4 is 15.4 Å². The molecule has 21 heavy (non-hydrogen) atoms. The number of carbonyl (C=O) groups excluding carboxylic acids is 2. The van der Waals surface area contributed by atoms with Crippen LogP contribution in [0.1, 0.15) is 30.6 Å². The molecule has 116 valence electrons. The van der Waals surface area contributed by atoms with Crippen molar-refractivity contribution in [2.45, 2.75) is 32.9 Å². The molecule has 0 bridgehead atoms. The van der Waals surface area contributed by atoms with Crippen molar-refractivity contribution in [3.8, 4) is 5.75 Å². The van der Waals surface area contributed by atoms with E-state index in [4.69, 9.17) is 0 Å². The Labute approximate surface area is 121 Å². The molecule has 1 aromatic carbocycles. The Hall–Kier alpha value is -2.18. The third kappa shape index (κ3) is 5.76. The van der Waals surface area contributed by atoms with Gasteiger partial charge in [-0.15, -0.1) is 0 Å². The minimum atomic E-state index is -2.96. The van der Waals surface area contributed by atoms with E-state index in [1.54, 1.807) is 6.92 Å². The lowest BCUT2D eigenvalue weighted by Gasteiger charge is -2.14. The monoisotopic (exact) mass is 300 g/mol. The second-order valence-electron chi connectivity index (χ2n) is 4.39. The first-order valence-electron chi connectivity index (χ1n) is 6.57. The van der Waals surface area contributed by atoms with Gasteiger partial charge in [-0.3, -0.25) is 9.59 Å². The number of nitrogens with one attached hydrogen (secondary N) is 2. The highest BCUT2D eigenvalue weighted by atomic mass is 19.3. The molecule has 0 aliphatic heterocycles. The van der Waals surface area contributed by atoms with Gasteiger partial charge in [-0.05, 0) is 31.5 Å². The van der Waals surface area contributed by atoms with Crippen LogP contribution in [-0.4, -0.2) is 31.0 Å². The summed E-state index contributed by atoms with van der Waals surface area (Å²) in [4.78, 5) is 23.6. The van der Waals surface area contributed by atoms with Crippen molar-refractivity contribution in [3.63, 3.8) is 0 Å². The Morgan fingerprint density at radius 3 is 2.67 bits per heavy atom. The number of alkyl halides is 2. The average Bonchev–Trinajstić information content (AvgIpc) is 2.44. The number of benzene rings is 1. The van der Waals surface area contributed by atoms with Gasteiger partial charge in [-0.25, -0.2) is 0 Å². The molecule has 7 heteroatoms. The summed E-state index contributed by atoms with van der Waals surface area (Å²) in [5.41, 5.74) is 0.142. The van der Waals surface area contributed by atoms with Gasteiger partial charge < -0.3 is 15.4 Å². The van der Waals surface area contributed by atoms with Crippen LogP contribution in [0.5, 0.6) is 5.75 Å². The number of halogens is 2. The fourth-order valence-electron chi connectivity index (χ4n) is 1.56. The number of rotatable bonds is 7. The summed E-state index contributed by atoms with van der Waals surface area (Å²) in [7, 11) is 0. The zero-order valence-electron chi connectivity index (χ0n) is 11.9. The molecule has 0 radical (unpaired) electrons. The average molecular weight is 300 g/mol. The summed E-state index contributed by atoms with van der Waals surface area (Å²) >= 11 is 0. The van der Waals surface area contributed by atoms with E-state index in [2.05, 4.69) is 15.4 Å².